The van der Waals surface area contributed by atoms with Gasteiger partial charge in [-0.2, -0.15) is 0 Å². The van der Waals surface area contributed by atoms with Gasteiger partial charge in [0.1, 0.15) is 5.60 Å². The van der Waals surface area contributed by atoms with Crippen LogP contribution >= 0.6 is 23.1 Å². The van der Waals surface area contributed by atoms with Gasteiger partial charge < -0.3 is 14.8 Å². The summed E-state index contributed by atoms with van der Waals surface area (Å²) in [6, 6.07) is 37.7. The first-order chi connectivity index (χ1) is 24.7. The first-order valence-electron chi connectivity index (χ1n) is 17.3. The number of rotatable bonds is 12. The predicted octanol–water partition coefficient (Wildman–Crippen LogP) is 8.91. The minimum absolute atomic E-state index is 0.0128. The highest BCUT2D eigenvalue weighted by atomic mass is 32.2. The lowest BCUT2D eigenvalue weighted by Crippen LogP contribution is -2.44. The number of thiazole rings is 1. The fraction of sp³-hybridized carbons (Fsp3) is 0.310. The number of hydrogen-bond acceptors (Lipinski definition) is 8. The lowest BCUT2D eigenvalue weighted by atomic mass is 9.84. The highest BCUT2D eigenvalue weighted by Gasteiger charge is 2.42. The molecule has 1 aliphatic rings. The van der Waals surface area contributed by atoms with Crippen LogP contribution in [-0.2, 0) is 27.1 Å². The number of hydrogen-bond donors (Lipinski definition) is 1. The minimum Gasteiger partial charge on any atom is -0.465 e. The van der Waals surface area contributed by atoms with Gasteiger partial charge in [-0.3, -0.25) is 4.90 Å². The number of aryl methyl sites for hydroxylation is 2. The topological polar surface area (TPSA) is 80.8 Å². The summed E-state index contributed by atoms with van der Waals surface area (Å²) in [5.74, 6) is -0.440. The van der Waals surface area contributed by atoms with E-state index in [9.17, 15) is 9.59 Å². The molecular weight excluding hydrogens is 675 g/mol. The van der Waals surface area contributed by atoms with Crippen LogP contribution in [0.3, 0.4) is 0 Å². The van der Waals surface area contributed by atoms with Gasteiger partial charge in [-0.05, 0) is 68.0 Å². The van der Waals surface area contributed by atoms with Crippen LogP contribution in [-0.4, -0.2) is 54.1 Å². The van der Waals surface area contributed by atoms with Crippen LogP contribution in [0.1, 0.15) is 64.8 Å². The van der Waals surface area contributed by atoms with Gasteiger partial charge in [-0.25, -0.2) is 14.6 Å². The predicted molar refractivity (Wildman–Crippen MR) is 208 cm³/mol. The van der Waals surface area contributed by atoms with Crippen LogP contribution in [0.4, 0.5) is 10.5 Å². The van der Waals surface area contributed by atoms with Crippen molar-refractivity contribution in [1.82, 2.24) is 10.3 Å². The van der Waals surface area contributed by atoms with E-state index in [0.29, 0.717) is 30.6 Å². The van der Waals surface area contributed by atoms with Gasteiger partial charge in [0, 0.05) is 48.1 Å². The van der Waals surface area contributed by atoms with Gasteiger partial charge in [0.25, 0.3) is 0 Å². The molecule has 0 saturated carbocycles. The molecule has 1 aromatic heterocycles. The molecular formula is C42H45N3O4S2. The maximum Gasteiger partial charge on any atom is 0.414 e. The van der Waals surface area contributed by atoms with Crippen molar-refractivity contribution in [3.63, 3.8) is 0 Å². The number of anilines is 1. The van der Waals surface area contributed by atoms with Crippen molar-refractivity contribution in [3.8, 4) is 0 Å². The Labute approximate surface area is 309 Å². The molecule has 2 unspecified atom stereocenters. The van der Waals surface area contributed by atoms with Gasteiger partial charge in [0.05, 0.1) is 22.4 Å². The lowest BCUT2D eigenvalue weighted by molar-refractivity contribution is 0.0570. The molecule has 2 atom stereocenters. The number of benzene rings is 4. The van der Waals surface area contributed by atoms with Crippen LogP contribution in [0.25, 0.3) is 0 Å². The van der Waals surface area contributed by atoms with Gasteiger partial charge in [-0.1, -0.05) is 97.1 Å². The van der Waals surface area contributed by atoms with E-state index in [1.807, 2.05) is 50.0 Å². The van der Waals surface area contributed by atoms with E-state index < -0.39 is 22.4 Å². The molecule has 7 nitrogen and oxygen atoms in total. The number of aromatic nitrogens is 1. The molecule has 1 fully saturated rings. The first-order valence-corrected chi connectivity index (χ1v) is 19.1. The molecule has 2 heterocycles. The fourth-order valence-electron chi connectivity index (χ4n) is 6.67. The van der Waals surface area contributed by atoms with E-state index in [-0.39, 0.29) is 11.3 Å². The second-order valence-corrected chi connectivity index (χ2v) is 16.2. The molecule has 51 heavy (non-hydrogen) atoms. The maximum absolute atomic E-state index is 13.9. The maximum atomic E-state index is 13.9. The second-order valence-electron chi connectivity index (χ2n) is 13.7. The summed E-state index contributed by atoms with van der Waals surface area (Å²) in [6.07, 6.45) is 3.49. The third-order valence-corrected chi connectivity index (χ3v) is 11.6. The Hall–Kier alpha value is -4.44. The van der Waals surface area contributed by atoms with Crippen molar-refractivity contribution < 1.29 is 19.1 Å². The molecule has 0 spiro atoms. The van der Waals surface area contributed by atoms with Crippen LogP contribution in [0.5, 0.6) is 0 Å². The number of carbonyl (C=O) groups is 2. The number of ether oxygens (including phenoxy) is 2. The Morgan fingerprint density at radius 1 is 0.882 bits per heavy atom. The summed E-state index contributed by atoms with van der Waals surface area (Å²) >= 11 is 3.55. The number of nitrogens with one attached hydrogen (secondary N) is 1. The summed E-state index contributed by atoms with van der Waals surface area (Å²) < 4.78 is 10.7. The van der Waals surface area contributed by atoms with Crippen molar-refractivity contribution in [2.75, 3.05) is 25.1 Å². The summed E-state index contributed by atoms with van der Waals surface area (Å²) in [5.41, 5.74) is 4.83. The number of methoxy groups -OCH3 is 1. The van der Waals surface area contributed by atoms with Gasteiger partial charge in [0.2, 0.25) is 0 Å². The Balaban J connectivity index is 1.29. The number of thioether (sulfide) groups is 1. The Bertz CT molecular complexity index is 1780. The normalized spacial score (nSPS) is 16.1. The van der Waals surface area contributed by atoms with Crippen LogP contribution in [0.15, 0.2) is 121 Å². The van der Waals surface area contributed by atoms with E-state index in [2.05, 4.69) is 101 Å². The number of nitrogens with zero attached hydrogens (tertiary/aromatic N) is 2. The van der Waals surface area contributed by atoms with Gasteiger partial charge in [0.15, 0.2) is 0 Å². The highest BCUT2D eigenvalue weighted by molar-refractivity contribution is 8.01. The average molecular weight is 720 g/mol. The van der Waals surface area contributed by atoms with Crippen molar-refractivity contribution >= 4 is 40.8 Å². The van der Waals surface area contributed by atoms with Crippen LogP contribution in [0, 0.1) is 0 Å². The van der Waals surface area contributed by atoms with E-state index in [0.717, 1.165) is 23.5 Å². The number of esters is 1. The van der Waals surface area contributed by atoms with Gasteiger partial charge in [-0.15, -0.1) is 23.1 Å². The van der Waals surface area contributed by atoms with E-state index in [4.69, 9.17) is 9.47 Å². The van der Waals surface area contributed by atoms with Crippen molar-refractivity contribution in [2.45, 2.75) is 61.7 Å². The molecule has 1 N–H and O–H groups in total. The molecule has 6 rings (SSSR count). The first kappa shape index (κ1) is 36.4. The van der Waals surface area contributed by atoms with Crippen molar-refractivity contribution in [3.05, 3.63) is 154 Å². The second kappa shape index (κ2) is 16.3. The lowest BCUT2D eigenvalue weighted by Gasteiger charge is -2.37. The molecule has 1 aliphatic heterocycles. The van der Waals surface area contributed by atoms with Gasteiger partial charge >= 0.3 is 12.1 Å². The Morgan fingerprint density at radius 3 is 2.02 bits per heavy atom. The third kappa shape index (κ3) is 8.72. The quantitative estimate of drug-likeness (QED) is 0.102. The fourth-order valence-corrected chi connectivity index (χ4v) is 9.12. The summed E-state index contributed by atoms with van der Waals surface area (Å²) in [5, 5.41) is 6.91. The third-order valence-electron chi connectivity index (χ3n) is 8.98. The molecule has 0 bridgehead atoms. The molecule has 9 heteroatoms. The number of carbonyl (C=O) groups excluding carboxylic acids is 2. The zero-order valence-corrected chi connectivity index (χ0v) is 31.2. The molecule has 1 saturated heterocycles. The summed E-state index contributed by atoms with van der Waals surface area (Å²) in [4.78, 5) is 33.0. The molecule has 5 aromatic rings. The van der Waals surface area contributed by atoms with Crippen molar-refractivity contribution in [2.24, 2.45) is 0 Å². The summed E-state index contributed by atoms with van der Waals surface area (Å²) in [6.45, 7) is 6.74. The number of amides is 1. The zero-order chi connectivity index (χ0) is 35.8. The molecule has 264 valence electrons. The Morgan fingerprint density at radius 2 is 1.49 bits per heavy atom. The standard InChI is InChI=1S/C42H45N3O4S2/c1-41(2,3)49-40(47)45(35-22-20-30(37(27-35)39(46)48-4)21-23-38-43-24-25-50-38)29-34-26-36(28-44-34)51-42(31-14-8-5-9-15-31,32-16-10-6-11-17-32)33-18-12-7-13-19-33/h5-20,22,24-25,27,34,36,44H,21,23,26,28-29H2,1-4H3. The largest absolute Gasteiger partial charge is 0.465 e. The molecule has 0 aliphatic carbocycles. The van der Waals surface area contributed by atoms with E-state index in [1.165, 1.54) is 23.8 Å². The SMILES string of the molecule is COC(=O)c1cc(N(CC2CC(SC(c3ccccc3)(c3ccccc3)c3ccccc3)CN2)C(=O)OC(C)(C)C)ccc1CCc1nccs1. The molecule has 1 amide bonds. The monoisotopic (exact) mass is 719 g/mol. The van der Waals surface area contributed by atoms with Crippen molar-refractivity contribution in [1.29, 1.82) is 0 Å². The average Bonchev–Trinajstić information content (AvgIpc) is 3.84. The molecule has 0 radical (unpaired) electrons. The zero-order valence-electron chi connectivity index (χ0n) is 29.6. The van der Waals surface area contributed by atoms with E-state index >= 15 is 0 Å². The summed E-state index contributed by atoms with van der Waals surface area (Å²) in [7, 11) is 1.38. The Kier molecular flexibility index (Phi) is 11.6. The van der Waals surface area contributed by atoms with Crippen LogP contribution in [0.2, 0.25) is 0 Å². The highest BCUT2D eigenvalue weighted by Crippen LogP contribution is 2.51. The molecule has 4 aromatic carbocycles. The van der Waals surface area contributed by atoms with Crippen LogP contribution < -0.4 is 10.2 Å². The van der Waals surface area contributed by atoms with E-state index in [1.54, 1.807) is 28.5 Å². The minimum atomic E-state index is -0.698. The smallest absolute Gasteiger partial charge is 0.414 e.